The molecule has 0 saturated heterocycles. The molecule has 0 bridgehead atoms. The summed E-state index contributed by atoms with van der Waals surface area (Å²) >= 11 is 0. The lowest BCUT2D eigenvalue weighted by Gasteiger charge is -2.34. The Morgan fingerprint density at radius 1 is 0.826 bits per heavy atom. The van der Waals surface area contributed by atoms with Gasteiger partial charge >= 0.3 is 0 Å². The smallest absolute Gasteiger partial charge is 0.0661 e. The van der Waals surface area contributed by atoms with Gasteiger partial charge in [-0.25, -0.2) is 0 Å². The van der Waals surface area contributed by atoms with Crippen LogP contribution in [-0.2, 0) is 0 Å². The Morgan fingerprint density at radius 3 is 2.17 bits per heavy atom. The first-order chi connectivity index (χ1) is 10.9. The van der Waals surface area contributed by atoms with Crippen LogP contribution in [0.4, 0.5) is 0 Å². The van der Waals surface area contributed by atoms with Crippen molar-refractivity contribution < 1.29 is 0 Å². The van der Waals surface area contributed by atoms with E-state index in [0.717, 1.165) is 5.70 Å². The Balaban J connectivity index is 1.98. The molecule has 118 valence electrons. The van der Waals surface area contributed by atoms with Crippen LogP contribution < -0.4 is 0 Å². The molecule has 0 spiro atoms. The van der Waals surface area contributed by atoms with E-state index in [-0.39, 0.29) is 5.41 Å². The summed E-state index contributed by atoms with van der Waals surface area (Å²) in [6, 6.07) is 19.2. The van der Waals surface area contributed by atoms with Crippen LogP contribution in [0.2, 0.25) is 0 Å². The number of hydrogen-bond donors (Lipinski definition) is 0. The number of benzene rings is 2. The van der Waals surface area contributed by atoms with Crippen LogP contribution in [-0.4, -0.2) is 6.21 Å². The predicted molar refractivity (Wildman–Crippen MR) is 100 cm³/mol. The lowest BCUT2D eigenvalue weighted by Crippen LogP contribution is -2.27. The topological polar surface area (TPSA) is 12.4 Å². The number of aliphatic imine (C=N–C) groups is 1. The monoisotopic (exact) mass is 303 g/mol. The van der Waals surface area contributed by atoms with Crippen molar-refractivity contribution >= 4 is 11.9 Å². The van der Waals surface area contributed by atoms with Crippen molar-refractivity contribution in [2.24, 2.45) is 22.2 Å². The number of rotatable bonds is 2. The molecule has 0 aliphatic carbocycles. The zero-order valence-electron chi connectivity index (χ0n) is 14.5. The van der Waals surface area contributed by atoms with Gasteiger partial charge in [-0.15, -0.1) is 0 Å². The first-order valence-electron chi connectivity index (χ1n) is 8.37. The molecule has 0 radical (unpaired) electrons. The van der Waals surface area contributed by atoms with Crippen molar-refractivity contribution in [2.45, 2.75) is 27.7 Å². The minimum Gasteiger partial charge on any atom is -0.261 e. The van der Waals surface area contributed by atoms with Crippen molar-refractivity contribution in [3.8, 4) is 11.1 Å². The average Bonchev–Trinajstić information content (AvgIpc) is 2.55. The van der Waals surface area contributed by atoms with Crippen LogP contribution in [0.3, 0.4) is 0 Å². The van der Waals surface area contributed by atoms with Gasteiger partial charge in [0, 0.05) is 11.8 Å². The minimum atomic E-state index is 0.244. The highest BCUT2D eigenvalue weighted by atomic mass is 14.8. The van der Waals surface area contributed by atoms with E-state index in [0.29, 0.717) is 11.8 Å². The Labute approximate surface area is 139 Å². The molecule has 1 aliphatic rings. The summed E-state index contributed by atoms with van der Waals surface area (Å²) in [4.78, 5) is 4.72. The standard InChI is InChI=1S/C22H25N/c1-16-15-23-21(14-20(16)22(2,3)4)19-12-8-11-18(13-19)17-9-6-5-7-10-17/h5-16,20H,1-4H3. The van der Waals surface area contributed by atoms with Gasteiger partial charge in [-0.05, 0) is 34.4 Å². The van der Waals surface area contributed by atoms with Crippen LogP contribution in [0.25, 0.3) is 16.8 Å². The summed E-state index contributed by atoms with van der Waals surface area (Å²) in [7, 11) is 0. The summed E-state index contributed by atoms with van der Waals surface area (Å²) in [5.74, 6) is 0.992. The lowest BCUT2D eigenvalue weighted by molar-refractivity contribution is 0.257. The van der Waals surface area contributed by atoms with E-state index in [4.69, 9.17) is 4.99 Å². The Kier molecular flexibility index (Phi) is 4.21. The summed E-state index contributed by atoms with van der Waals surface area (Å²) in [5.41, 5.74) is 5.03. The van der Waals surface area contributed by atoms with Gasteiger partial charge in [-0.1, -0.05) is 82.3 Å². The van der Waals surface area contributed by atoms with Gasteiger partial charge in [0.2, 0.25) is 0 Å². The highest BCUT2D eigenvalue weighted by Crippen LogP contribution is 2.38. The van der Waals surface area contributed by atoms with Gasteiger partial charge in [-0.2, -0.15) is 0 Å². The summed E-state index contributed by atoms with van der Waals surface area (Å²) in [5, 5.41) is 0. The SMILES string of the molecule is CC1C=NC(c2cccc(-c3ccccc3)c2)=CC1C(C)(C)C. The highest BCUT2D eigenvalue weighted by molar-refractivity contribution is 5.80. The molecule has 0 amide bonds. The molecule has 2 atom stereocenters. The van der Waals surface area contributed by atoms with E-state index in [9.17, 15) is 0 Å². The molecule has 2 aromatic carbocycles. The highest BCUT2D eigenvalue weighted by Gasteiger charge is 2.29. The van der Waals surface area contributed by atoms with Crippen LogP contribution in [0.1, 0.15) is 33.3 Å². The second kappa shape index (κ2) is 6.16. The largest absolute Gasteiger partial charge is 0.261 e. The molecular formula is C22H25N. The summed E-state index contributed by atoms with van der Waals surface area (Å²) < 4.78 is 0. The second-order valence-electron chi connectivity index (χ2n) is 7.53. The van der Waals surface area contributed by atoms with Gasteiger partial charge in [0.05, 0.1) is 5.70 Å². The fourth-order valence-corrected chi connectivity index (χ4v) is 3.35. The molecule has 23 heavy (non-hydrogen) atoms. The molecule has 0 aromatic heterocycles. The van der Waals surface area contributed by atoms with Crippen molar-refractivity contribution in [2.75, 3.05) is 0 Å². The van der Waals surface area contributed by atoms with Crippen LogP contribution in [0.15, 0.2) is 65.7 Å². The molecule has 0 fully saturated rings. The predicted octanol–water partition coefficient (Wildman–Crippen LogP) is 6.08. The van der Waals surface area contributed by atoms with E-state index in [2.05, 4.69) is 94.6 Å². The van der Waals surface area contributed by atoms with E-state index in [1.807, 2.05) is 0 Å². The van der Waals surface area contributed by atoms with E-state index in [1.165, 1.54) is 16.7 Å². The van der Waals surface area contributed by atoms with Crippen LogP contribution in [0.5, 0.6) is 0 Å². The fraction of sp³-hybridized carbons (Fsp3) is 0.318. The molecule has 1 nitrogen and oxygen atoms in total. The maximum absolute atomic E-state index is 4.72. The molecule has 1 heteroatoms. The van der Waals surface area contributed by atoms with Gasteiger partial charge < -0.3 is 0 Å². The van der Waals surface area contributed by atoms with Crippen molar-refractivity contribution in [3.63, 3.8) is 0 Å². The van der Waals surface area contributed by atoms with Crippen molar-refractivity contribution in [1.82, 2.24) is 0 Å². The molecule has 3 rings (SSSR count). The molecular weight excluding hydrogens is 278 g/mol. The Morgan fingerprint density at radius 2 is 1.48 bits per heavy atom. The van der Waals surface area contributed by atoms with Gasteiger partial charge in [0.15, 0.2) is 0 Å². The third-order valence-electron chi connectivity index (χ3n) is 4.62. The van der Waals surface area contributed by atoms with Gasteiger partial charge in [0.25, 0.3) is 0 Å². The molecule has 0 saturated carbocycles. The van der Waals surface area contributed by atoms with Crippen molar-refractivity contribution in [3.05, 3.63) is 66.2 Å². The van der Waals surface area contributed by atoms with Gasteiger partial charge in [0.1, 0.15) is 0 Å². The normalized spacial score (nSPS) is 21.1. The fourth-order valence-electron chi connectivity index (χ4n) is 3.35. The maximum atomic E-state index is 4.72. The van der Waals surface area contributed by atoms with Crippen LogP contribution >= 0.6 is 0 Å². The lowest BCUT2D eigenvalue weighted by atomic mass is 9.72. The van der Waals surface area contributed by atoms with E-state index >= 15 is 0 Å². The molecule has 0 N–H and O–H groups in total. The first kappa shape index (κ1) is 15.7. The van der Waals surface area contributed by atoms with E-state index < -0.39 is 0 Å². The molecule has 1 aliphatic heterocycles. The average molecular weight is 303 g/mol. The van der Waals surface area contributed by atoms with Crippen LogP contribution in [0, 0.1) is 17.3 Å². The molecule has 1 heterocycles. The molecule has 2 aromatic rings. The van der Waals surface area contributed by atoms with Gasteiger partial charge in [-0.3, -0.25) is 4.99 Å². The zero-order chi connectivity index (χ0) is 16.4. The van der Waals surface area contributed by atoms with Crippen molar-refractivity contribution in [1.29, 1.82) is 0 Å². The van der Waals surface area contributed by atoms with E-state index in [1.54, 1.807) is 0 Å². The second-order valence-corrected chi connectivity index (χ2v) is 7.53. The Bertz CT molecular complexity index is 732. The quantitative estimate of drug-likeness (QED) is 0.637. The number of hydrogen-bond acceptors (Lipinski definition) is 1. The summed E-state index contributed by atoms with van der Waals surface area (Å²) in [6.07, 6.45) is 4.47. The third-order valence-corrected chi connectivity index (χ3v) is 4.62. The first-order valence-corrected chi connectivity index (χ1v) is 8.37. The molecule has 2 unspecified atom stereocenters. The number of allylic oxidation sites excluding steroid dienone is 1. The minimum absolute atomic E-state index is 0.244. The third kappa shape index (κ3) is 3.44. The number of nitrogens with zero attached hydrogens (tertiary/aromatic N) is 1. The zero-order valence-corrected chi connectivity index (χ0v) is 14.5. The maximum Gasteiger partial charge on any atom is 0.0661 e. The Hall–Kier alpha value is -2.15. The summed E-state index contributed by atoms with van der Waals surface area (Å²) in [6.45, 7) is 9.18.